The summed E-state index contributed by atoms with van der Waals surface area (Å²) in [5.41, 5.74) is 5.53. The molecular formula is C11H23ClN2O2. The lowest BCUT2D eigenvalue weighted by Crippen LogP contribution is -2.47. The predicted octanol–water partition coefficient (Wildman–Crippen LogP) is 1.08. The number of nitrogens with two attached hydrogens (primary N) is 1. The minimum Gasteiger partial charge on any atom is -0.381 e. The number of carbonyl (C=O) groups excluding carboxylic acids is 1. The van der Waals surface area contributed by atoms with Gasteiger partial charge >= 0.3 is 0 Å². The van der Waals surface area contributed by atoms with Crippen molar-refractivity contribution in [2.24, 2.45) is 11.7 Å². The average Bonchev–Trinajstić information content (AvgIpc) is 2.26. The van der Waals surface area contributed by atoms with Crippen LogP contribution < -0.4 is 11.1 Å². The van der Waals surface area contributed by atoms with Gasteiger partial charge in [0.15, 0.2) is 0 Å². The van der Waals surface area contributed by atoms with Crippen LogP contribution in [0.5, 0.6) is 0 Å². The molecule has 0 radical (unpaired) electrons. The highest BCUT2D eigenvalue weighted by Gasteiger charge is 2.24. The normalized spacial score (nSPS) is 20.7. The number of amides is 1. The van der Waals surface area contributed by atoms with Crippen LogP contribution in [0.25, 0.3) is 0 Å². The van der Waals surface area contributed by atoms with Crippen molar-refractivity contribution < 1.29 is 9.53 Å². The second-order valence-corrected chi connectivity index (χ2v) is 4.26. The molecule has 1 fully saturated rings. The smallest absolute Gasteiger partial charge is 0.236 e. The van der Waals surface area contributed by atoms with Crippen LogP contribution in [0.1, 0.15) is 33.1 Å². The van der Waals surface area contributed by atoms with Crippen LogP contribution in [0, 0.1) is 5.92 Å². The minimum atomic E-state index is -0.418. The molecular weight excluding hydrogens is 228 g/mol. The van der Waals surface area contributed by atoms with Gasteiger partial charge in [0.25, 0.3) is 0 Å². The fourth-order valence-electron chi connectivity index (χ4n) is 1.99. The lowest BCUT2D eigenvalue weighted by molar-refractivity contribution is -0.123. The van der Waals surface area contributed by atoms with Crippen molar-refractivity contribution in [1.29, 1.82) is 0 Å². The Balaban J connectivity index is 0.00000225. The van der Waals surface area contributed by atoms with E-state index in [-0.39, 0.29) is 24.4 Å². The molecule has 2 unspecified atom stereocenters. The number of carbonyl (C=O) groups is 1. The molecule has 2 atom stereocenters. The van der Waals surface area contributed by atoms with E-state index < -0.39 is 6.04 Å². The van der Waals surface area contributed by atoms with Crippen molar-refractivity contribution in [2.45, 2.75) is 45.2 Å². The third-order valence-electron chi connectivity index (χ3n) is 3.02. The van der Waals surface area contributed by atoms with Gasteiger partial charge in [0, 0.05) is 19.3 Å². The maximum atomic E-state index is 11.5. The highest BCUT2D eigenvalue weighted by atomic mass is 35.5. The number of rotatable bonds is 4. The molecule has 5 heteroatoms. The summed E-state index contributed by atoms with van der Waals surface area (Å²) in [7, 11) is 0. The average molecular weight is 251 g/mol. The molecule has 0 spiro atoms. The summed E-state index contributed by atoms with van der Waals surface area (Å²) >= 11 is 0. The van der Waals surface area contributed by atoms with Gasteiger partial charge in [0.1, 0.15) is 0 Å². The molecule has 0 aromatic heterocycles. The summed E-state index contributed by atoms with van der Waals surface area (Å²) in [6.45, 7) is 5.44. The number of halogens is 1. The number of nitrogens with one attached hydrogen (secondary N) is 1. The van der Waals surface area contributed by atoms with E-state index in [4.69, 9.17) is 10.5 Å². The first-order chi connectivity index (χ1) is 7.15. The summed E-state index contributed by atoms with van der Waals surface area (Å²) in [5.74, 6) is 0.500. The van der Waals surface area contributed by atoms with Gasteiger partial charge in [-0.15, -0.1) is 12.4 Å². The Hall–Kier alpha value is -0.320. The molecule has 1 saturated heterocycles. The van der Waals surface area contributed by atoms with Gasteiger partial charge in [-0.3, -0.25) is 4.79 Å². The van der Waals surface area contributed by atoms with E-state index >= 15 is 0 Å². The number of hydrogen-bond donors (Lipinski definition) is 2. The third-order valence-corrected chi connectivity index (χ3v) is 3.02. The molecule has 0 aromatic carbocycles. The fraction of sp³-hybridized carbons (Fsp3) is 0.909. The van der Waals surface area contributed by atoms with Crippen molar-refractivity contribution >= 4 is 18.3 Å². The monoisotopic (exact) mass is 250 g/mol. The summed E-state index contributed by atoms with van der Waals surface area (Å²) in [6, 6.07) is -0.161. The molecule has 1 aliphatic heterocycles. The van der Waals surface area contributed by atoms with Crippen LogP contribution >= 0.6 is 12.4 Å². The van der Waals surface area contributed by atoms with Gasteiger partial charge in [0.2, 0.25) is 5.91 Å². The SMILES string of the molecule is CCC(NC(=O)C(C)N)C1CCOCC1.Cl. The van der Waals surface area contributed by atoms with E-state index in [1.54, 1.807) is 6.92 Å². The second-order valence-electron chi connectivity index (χ2n) is 4.26. The fourth-order valence-corrected chi connectivity index (χ4v) is 1.99. The maximum absolute atomic E-state index is 11.5. The highest BCUT2D eigenvalue weighted by molar-refractivity contribution is 5.85. The largest absolute Gasteiger partial charge is 0.381 e. The summed E-state index contributed by atoms with van der Waals surface area (Å²) in [6.07, 6.45) is 3.04. The van der Waals surface area contributed by atoms with E-state index in [1.165, 1.54) is 0 Å². The van der Waals surface area contributed by atoms with Crippen LogP contribution in [-0.2, 0) is 9.53 Å². The predicted molar refractivity (Wildman–Crippen MR) is 66.7 cm³/mol. The van der Waals surface area contributed by atoms with E-state index in [9.17, 15) is 4.79 Å². The Kier molecular flexibility index (Phi) is 7.72. The Labute approximate surface area is 104 Å². The van der Waals surface area contributed by atoms with Gasteiger partial charge in [-0.05, 0) is 32.1 Å². The number of hydrogen-bond acceptors (Lipinski definition) is 3. The van der Waals surface area contributed by atoms with Gasteiger partial charge in [-0.25, -0.2) is 0 Å². The molecule has 96 valence electrons. The number of ether oxygens (including phenoxy) is 1. The Morgan fingerprint density at radius 2 is 2.06 bits per heavy atom. The first-order valence-corrected chi connectivity index (χ1v) is 5.78. The summed E-state index contributed by atoms with van der Waals surface area (Å²) < 4.78 is 5.31. The molecule has 1 aliphatic rings. The standard InChI is InChI=1S/C11H22N2O2.ClH/c1-3-10(13-11(14)8(2)12)9-4-6-15-7-5-9;/h8-10H,3-7,12H2,1-2H3,(H,13,14);1H. The molecule has 0 aromatic rings. The summed E-state index contributed by atoms with van der Waals surface area (Å²) in [4.78, 5) is 11.5. The lowest BCUT2D eigenvalue weighted by Gasteiger charge is -2.30. The second kappa shape index (κ2) is 7.87. The molecule has 0 saturated carbocycles. The Bertz CT molecular complexity index is 206. The van der Waals surface area contributed by atoms with Gasteiger partial charge in [-0.1, -0.05) is 6.92 Å². The highest BCUT2D eigenvalue weighted by Crippen LogP contribution is 2.20. The third kappa shape index (κ3) is 4.68. The quantitative estimate of drug-likeness (QED) is 0.785. The van der Waals surface area contributed by atoms with Crippen molar-refractivity contribution in [2.75, 3.05) is 13.2 Å². The Morgan fingerprint density at radius 1 is 1.50 bits per heavy atom. The molecule has 0 aliphatic carbocycles. The van der Waals surface area contributed by atoms with Gasteiger partial charge in [-0.2, -0.15) is 0 Å². The van der Waals surface area contributed by atoms with Gasteiger partial charge in [0.05, 0.1) is 6.04 Å². The molecule has 1 amide bonds. The topological polar surface area (TPSA) is 64.4 Å². The molecule has 16 heavy (non-hydrogen) atoms. The first-order valence-electron chi connectivity index (χ1n) is 5.78. The zero-order valence-corrected chi connectivity index (χ0v) is 10.9. The molecule has 3 N–H and O–H groups in total. The summed E-state index contributed by atoms with van der Waals surface area (Å²) in [5, 5.41) is 3.02. The van der Waals surface area contributed by atoms with Crippen LogP contribution in [0.2, 0.25) is 0 Å². The molecule has 1 rings (SSSR count). The van der Waals surface area contributed by atoms with Crippen molar-refractivity contribution in [1.82, 2.24) is 5.32 Å². The van der Waals surface area contributed by atoms with Crippen LogP contribution in [0.4, 0.5) is 0 Å². The minimum absolute atomic E-state index is 0. The van der Waals surface area contributed by atoms with Crippen LogP contribution in [0.15, 0.2) is 0 Å². The zero-order chi connectivity index (χ0) is 11.3. The van der Waals surface area contributed by atoms with E-state index in [2.05, 4.69) is 12.2 Å². The maximum Gasteiger partial charge on any atom is 0.236 e. The molecule has 0 bridgehead atoms. The van der Waals surface area contributed by atoms with E-state index in [0.29, 0.717) is 5.92 Å². The first kappa shape index (κ1) is 15.7. The van der Waals surface area contributed by atoms with Crippen molar-refractivity contribution in [3.8, 4) is 0 Å². The van der Waals surface area contributed by atoms with Crippen LogP contribution in [-0.4, -0.2) is 31.2 Å². The zero-order valence-electron chi connectivity index (χ0n) is 10.1. The van der Waals surface area contributed by atoms with Crippen LogP contribution in [0.3, 0.4) is 0 Å². The lowest BCUT2D eigenvalue weighted by atomic mass is 9.90. The molecule has 1 heterocycles. The van der Waals surface area contributed by atoms with E-state index in [1.807, 2.05) is 0 Å². The van der Waals surface area contributed by atoms with Gasteiger partial charge < -0.3 is 15.8 Å². The molecule has 4 nitrogen and oxygen atoms in total. The van der Waals surface area contributed by atoms with Crippen molar-refractivity contribution in [3.63, 3.8) is 0 Å². The van der Waals surface area contributed by atoms with Crippen molar-refractivity contribution in [3.05, 3.63) is 0 Å². The van der Waals surface area contributed by atoms with E-state index in [0.717, 1.165) is 32.5 Å². The Morgan fingerprint density at radius 3 is 2.50 bits per heavy atom.